The molecule has 1 unspecified atom stereocenters. The number of hydrogen-bond donors (Lipinski definition) is 2. The molecule has 0 spiro atoms. The van der Waals surface area contributed by atoms with Crippen LogP contribution in [-0.4, -0.2) is 16.1 Å². The van der Waals surface area contributed by atoms with Crippen molar-refractivity contribution in [3.63, 3.8) is 0 Å². The number of fused-ring (bicyclic) bond motifs is 1. The topological polar surface area (TPSA) is 76.2 Å². The second kappa shape index (κ2) is 4.51. The largest absolute Gasteiger partial charge is 0.481 e. The molecule has 88 valence electrons. The number of nitrogens with two attached hydrogens (primary N) is 1. The van der Waals surface area contributed by atoms with Crippen molar-refractivity contribution in [3.05, 3.63) is 41.6 Å². The first-order valence-electron chi connectivity index (χ1n) is 5.40. The predicted octanol–water partition coefficient (Wildman–Crippen LogP) is 2.02. The molecule has 0 aliphatic rings. The van der Waals surface area contributed by atoms with E-state index in [9.17, 15) is 4.79 Å². The summed E-state index contributed by atoms with van der Waals surface area (Å²) in [6.45, 7) is 1.97. The van der Waals surface area contributed by atoms with Gasteiger partial charge in [-0.25, -0.2) is 0 Å². The van der Waals surface area contributed by atoms with Crippen LogP contribution in [0.25, 0.3) is 10.9 Å². The number of carboxylic acids is 1. The summed E-state index contributed by atoms with van der Waals surface area (Å²) in [6, 6.07) is 7.14. The number of rotatable bonds is 3. The van der Waals surface area contributed by atoms with E-state index in [2.05, 4.69) is 4.98 Å². The van der Waals surface area contributed by atoms with Crippen LogP contribution in [0, 0.1) is 6.92 Å². The van der Waals surface area contributed by atoms with Gasteiger partial charge in [0.1, 0.15) is 0 Å². The number of pyridine rings is 1. The van der Waals surface area contributed by atoms with Crippen LogP contribution in [0.3, 0.4) is 0 Å². The van der Waals surface area contributed by atoms with Crippen LogP contribution in [0.5, 0.6) is 0 Å². The Labute approximate surface area is 99.1 Å². The molecule has 0 radical (unpaired) electrons. The molecule has 0 aliphatic carbocycles. The van der Waals surface area contributed by atoms with Gasteiger partial charge in [0.2, 0.25) is 0 Å². The molecule has 1 atom stereocenters. The molecule has 1 aromatic heterocycles. The van der Waals surface area contributed by atoms with E-state index in [1.165, 1.54) is 0 Å². The Balaban J connectivity index is 2.39. The van der Waals surface area contributed by atoms with Gasteiger partial charge in [-0.1, -0.05) is 6.07 Å². The number of aryl methyl sites for hydroxylation is 1. The third-order valence-electron chi connectivity index (χ3n) is 2.66. The minimum Gasteiger partial charge on any atom is -0.481 e. The lowest BCUT2D eigenvalue weighted by Gasteiger charge is -2.10. The monoisotopic (exact) mass is 230 g/mol. The Morgan fingerprint density at radius 3 is 2.94 bits per heavy atom. The van der Waals surface area contributed by atoms with Crippen molar-refractivity contribution in [3.8, 4) is 0 Å². The van der Waals surface area contributed by atoms with E-state index < -0.39 is 12.0 Å². The van der Waals surface area contributed by atoms with E-state index in [4.69, 9.17) is 10.8 Å². The molecule has 17 heavy (non-hydrogen) atoms. The van der Waals surface area contributed by atoms with Crippen LogP contribution in [0.2, 0.25) is 0 Å². The number of nitrogens with zero attached hydrogens (tertiary/aromatic N) is 1. The molecule has 1 aromatic carbocycles. The highest BCUT2D eigenvalue weighted by Gasteiger charge is 2.11. The summed E-state index contributed by atoms with van der Waals surface area (Å²) >= 11 is 0. The fourth-order valence-electron chi connectivity index (χ4n) is 1.80. The summed E-state index contributed by atoms with van der Waals surface area (Å²) in [5.74, 6) is -0.889. The zero-order chi connectivity index (χ0) is 12.4. The van der Waals surface area contributed by atoms with E-state index in [1.54, 1.807) is 6.20 Å². The molecule has 3 N–H and O–H groups in total. The van der Waals surface area contributed by atoms with E-state index in [1.807, 2.05) is 31.2 Å². The molecule has 0 saturated heterocycles. The maximum Gasteiger partial charge on any atom is 0.305 e. The van der Waals surface area contributed by atoms with Crippen LogP contribution in [-0.2, 0) is 4.79 Å². The molecule has 0 fully saturated rings. The number of aromatic nitrogens is 1. The van der Waals surface area contributed by atoms with E-state index in [-0.39, 0.29) is 6.42 Å². The standard InChI is InChI=1S/C13H14N2O2/c1-8-4-10-5-9(11(14)6-13(16)17)2-3-12(10)15-7-8/h2-5,7,11H,6,14H2,1H3,(H,16,17). The van der Waals surface area contributed by atoms with Gasteiger partial charge in [-0.2, -0.15) is 0 Å². The molecule has 0 bridgehead atoms. The molecular formula is C13H14N2O2. The van der Waals surface area contributed by atoms with Gasteiger partial charge in [-0.05, 0) is 36.2 Å². The second-order valence-corrected chi connectivity index (χ2v) is 4.17. The third-order valence-corrected chi connectivity index (χ3v) is 2.66. The summed E-state index contributed by atoms with van der Waals surface area (Å²) in [5, 5.41) is 9.70. The van der Waals surface area contributed by atoms with Crippen molar-refractivity contribution in [2.24, 2.45) is 5.73 Å². The van der Waals surface area contributed by atoms with Gasteiger partial charge in [0.25, 0.3) is 0 Å². The lowest BCUT2D eigenvalue weighted by Crippen LogP contribution is -2.14. The fourth-order valence-corrected chi connectivity index (χ4v) is 1.80. The van der Waals surface area contributed by atoms with Crippen molar-refractivity contribution in [1.82, 2.24) is 4.98 Å². The normalized spacial score (nSPS) is 12.6. The van der Waals surface area contributed by atoms with Gasteiger partial charge < -0.3 is 10.8 Å². The van der Waals surface area contributed by atoms with Crippen LogP contribution < -0.4 is 5.73 Å². The highest BCUT2D eigenvalue weighted by molar-refractivity contribution is 5.80. The van der Waals surface area contributed by atoms with Gasteiger partial charge in [0, 0.05) is 17.6 Å². The molecule has 2 rings (SSSR count). The number of aliphatic carboxylic acids is 1. The highest BCUT2D eigenvalue weighted by Crippen LogP contribution is 2.20. The number of carboxylic acid groups (broad SMARTS) is 1. The van der Waals surface area contributed by atoms with Crippen molar-refractivity contribution in [1.29, 1.82) is 0 Å². The van der Waals surface area contributed by atoms with Gasteiger partial charge >= 0.3 is 5.97 Å². The van der Waals surface area contributed by atoms with Crippen LogP contribution in [0.1, 0.15) is 23.6 Å². The van der Waals surface area contributed by atoms with Gasteiger partial charge in [0.15, 0.2) is 0 Å². The average molecular weight is 230 g/mol. The maximum atomic E-state index is 10.6. The van der Waals surface area contributed by atoms with E-state index >= 15 is 0 Å². The summed E-state index contributed by atoms with van der Waals surface area (Å²) < 4.78 is 0. The Morgan fingerprint density at radius 2 is 2.24 bits per heavy atom. The van der Waals surface area contributed by atoms with Crippen LogP contribution in [0.15, 0.2) is 30.5 Å². The first-order chi connectivity index (χ1) is 8.06. The zero-order valence-electron chi connectivity index (χ0n) is 9.55. The Morgan fingerprint density at radius 1 is 1.47 bits per heavy atom. The molecule has 0 amide bonds. The summed E-state index contributed by atoms with van der Waals surface area (Å²) in [6.07, 6.45) is 1.74. The van der Waals surface area contributed by atoms with Crippen molar-refractivity contribution < 1.29 is 9.90 Å². The molecule has 4 heteroatoms. The average Bonchev–Trinajstić information content (AvgIpc) is 2.27. The Bertz CT molecular complexity index is 566. The van der Waals surface area contributed by atoms with Crippen molar-refractivity contribution >= 4 is 16.9 Å². The number of benzene rings is 1. The maximum absolute atomic E-state index is 10.6. The Hall–Kier alpha value is -1.94. The Kier molecular flexibility index (Phi) is 3.06. The quantitative estimate of drug-likeness (QED) is 0.845. The molecule has 1 heterocycles. The zero-order valence-corrected chi connectivity index (χ0v) is 9.55. The van der Waals surface area contributed by atoms with Gasteiger partial charge in [0.05, 0.1) is 11.9 Å². The molecule has 2 aromatic rings. The smallest absolute Gasteiger partial charge is 0.305 e. The summed E-state index contributed by atoms with van der Waals surface area (Å²) in [7, 11) is 0. The SMILES string of the molecule is Cc1cnc2ccc(C(N)CC(=O)O)cc2c1. The first-order valence-corrected chi connectivity index (χ1v) is 5.40. The molecule has 4 nitrogen and oxygen atoms in total. The third kappa shape index (κ3) is 2.60. The van der Waals surface area contributed by atoms with Crippen LogP contribution >= 0.6 is 0 Å². The molecule has 0 saturated carbocycles. The summed E-state index contributed by atoms with van der Waals surface area (Å²) in [4.78, 5) is 14.9. The van der Waals surface area contributed by atoms with Gasteiger partial charge in [-0.3, -0.25) is 9.78 Å². The second-order valence-electron chi connectivity index (χ2n) is 4.17. The minimum absolute atomic E-state index is 0.0647. The lowest BCUT2D eigenvalue weighted by molar-refractivity contribution is -0.137. The molecular weight excluding hydrogens is 216 g/mol. The summed E-state index contributed by atoms with van der Waals surface area (Å²) in [5.41, 5.74) is 8.61. The highest BCUT2D eigenvalue weighted by atomic mass is 16.4. The van der Waals surface area contributed by atoms with Crippen molar-refractivity contribution in [2.75, 3.05) is 0 Å². The van der Waals surface area contributed by atoms with E-state index in [0.717, 1.165) is 22.0 Å². The lowest BCUT2D eigenvalue weighted by atomic mass is 10.0. The predicted molar refractivity (Wildman–Crippen MR) is 65.7 cm³/mol. The van der Waals surface area contributed by atoms with Gasteiger partial charge in [-0.15, -0.1) is 0 Å². The van der Waals surface area contributed by atoms with Crippen molar-refractivity contribution in [2.45, 2.75) is 19.4 Å². The first kappa shape index (κ1) is 11.5. The minimum atomic E-state index is -0.889. The van der Waals surface area contributed by atoms with E-state index in [0.29, 0.717) is 0 Å². The number of carbonyl (C=O) groups is 1. The fraction of sp³-hybridized carbons (Fsp3) is 0.231. The molecule has 0 aliphatic heterocycles. The number of hydrogen-bond acceptors (Lipinski definition) is 3. The van der Waals surface area contributed by atoms with Crippen LogP contribution in [0.4, 0.5) is 0 Å².